The number of para-hydroxylation sites is 1. The molecule has 1 aliphatic rings. The average molecular weight is 349 g/mol. The summed E-state index contributed by atoms with van der Waals surface area (Å²) in [6, 6.07) is 14.4. The molecule has 6 heteroatoms. The van der Waals surface area contributed by atoms with E-state index in [9.17, 15) is 4.79 Å². The number of rotatable bonds is 3. The Morgan fingerprint density at radius 3 is 2.62 bits per heavy atom. The number of fused-ring (bicyclic) bond motifs is 1. The number of anilines is 1. The molecular formula is C20H23N5O. The number of pyridine rings is 1. The zero-order valence-electron chi connectivity index (χ0n) is 15.2. The molecule has 0 radical (unpaired) electrons. The Labute approximate surface area is 153 Å². The monoisotopic (exact) mass is 349 g/mol. The van der Waals surface area contributed by atoms with Gasteiger partial charge in [0.15, 0.2) is 0 Å². The van der Waals surface area contributed by atoms with Crippen LogP contribution in [0.2, 0.25) is 0 Å². The maximum atomic E-state index is 12.6. The molecule has 6 nitrogen and oxygen atoms in total. The van der Waals surface area contributed by atoms with Gasteiger partial charge in [-0.1, -0.05) is 18.2 Å². The molecule has 0 bridgehead atoms. The van der Waals surface area contributed by atoms with E-state index in [2.05, 4.69) is 28.2 Å². The van der Waals surface area contributed by atoms with Gasteiger partial charge in [-0.3, -0.25) is 9.48 Å². The van der Waals surface area contributed by atoms with Gasteiger partial charge in [-0.2, -0.15) is 5.10 Å². The topological polar surface area (TPSA) is 54.3 Å². The van der Waals surface area contributed by atoms with Gasteiger partial charge in [0.2, 0.25) is 0 Å². The van der Waals surface area contributed by atoms with E-state index in [1.165, 1.54) is 0 Å². The maximum Gasteiger partial charge on any atom is 0.274 e. The molecule has 0 unspecified atom stereocenters. The fraction of sp³-hybridized carbons (Fsp3) is 0.350. The lowest BCUT2D eigenvalue weighted by Crippen LogP contribution is -2.46. The number of hydrogen-bond donors (Lipinski definition) is 0. The number of aromatic nitrogens is 3. The Bertz CT molecular complexity index is 927. The molecule has 1 saturated heterocycles. The van der Waals surface area contributed by atoms with E-state index in [1.807, 2.05) is 37.2 Å². The Morgan fingerprint density at radius 2 is 1.88 bits per heavy atom. The third-order valence-corrected chi connectivity index (χ3v) is 5.17. The van der Waals surface area contributed by atoms with Crippen molar-refractivity contribution in [3.63, 3.8) is 0 Å². The summed E-state index contributed by atoms with van der Waals surface area (Å²) in [6.45, 7) is 1.80. The molecule has 3 aromatic rings. The van der Waals surface area contributed by atoms with Crippen LogP contribution in [0.4, 0.5) is 5.82 Å². The average Bonchev–Trinajstić information content (AvgIpc) is 3.13. The van der Waals surface area contributed by atoms with Crippen molar-refractivity contribution in [1.29, 1.82) is 0 Å². The minimum atomic E-state index is -0.00659. The third-order valence-electron chi connectivity index (χ3n) is 5.17. The molecule has 2 aromatic heterocycles. The molecule has 0 atom stereocenters. The normalized spacial score (nSPS) is 15.4. The van der Waals surface area contributed by atoms with Crippen LogP contribution in [0.1, 0.15) is 23.3 Å². The molecule has 0 saturated carbocycles. The first-order valence-corrected chi connectivity index (χ1v) is 8.99. The molecule has 4 rings (SSSR count). The van der Waals surface area contributed by atoms with Gasteiger partial charge in [-0.15, -0.1) is 0 Å². The van der Waals surface area contributed by atoms with Crippen LogP contribution in [0.25, 0.3) is 10.9 Å². The summed E-state index contributed by atoms with van der Waals surface area (Å²) < 4.78 is 1.66. The Hall–Kier alpha value is -2.89. The fourth-order valence-electron chi connectivity index (χ4n) is 3.59. The van der Waals surface area contributed by atoms with E-state index in [-0.39, 0.29) is 11.9 Å². The maximum absolute atomic E-state index is 12.6. The van der Waals surface area contributed by atoms with Crippen LogP contribution in [-0.4, -0.2) is 51.8 Å². The molecule has 26 heavy (non-hydrogen) atoms. The van der Waals surface area contributed by atoms with Crippen molar-refractivity contribution in [2.75, 3.05) is 25.0 Å². The van der Waals surface area contributed by atoms with E-state index in [0.29, 0.717) is 5.69 Å². The second-order valence-corrected chi connectivity index (χ2v) is 6.87. The second kappa shape index (κ2) is 6.78. The van der Waals surface area contributed by atoms with Crippen LogP contribution < -0.4 is 4.90 Å². The van der Waals surface area contributed by atoms with Crippen LogP contribution >= 0.6 is 0 Å². The largest absolute Gasteiger partial charge is 0.356 e. The summed E-state index contributed by atoms with van der Waals surface area (Å²) in [5.74, 6) is 1.01. The minimum Gasteiger partial charge on any atom is -0.356 e. The highest BCUT2D eigenvalue weighted by atomic mass is 16.2. The van der Waals surface area contributed by atoms with Crippen molar-refractivity contribution >= 4 is 22.6 Å². The van der Waals surface area contributed by atoms with Gasteiger partial charge < -0.3 is 9.80 Å². The zero-order valence-corrected chi connectivity index (χ0v) is 15.2. The Morgan fingerprint density at radius 1 is 1.12 bits per heavy atom. The SMILES string of the molecule is CN(C(=O)c1ccn(C)n1)C1CCN(c2ccc3ccccc3n2)CC1. The summed E-state index contributed by atoms with van der Waals surface area (Å²) >= 11 is 0. The smallest absolute Gasteiger partial charge is 0.274 e. The number of carbonyl (C=O) groups is 1. The van der Waals surface area contributed by atoms with Crippen molar-refractivity contribution in [2.24, 2.45) is 7.05 Å². The highest BCUT2D eigenvalue weighted by Crippen LogP contribution is 2.23. The van der Waals surface area contributed by atoms with Gasteiger partial charge in [0.05, 0.1) is 5.52 Å². The predicted molar refractivity (Wildman–Crippen MR) is 102 cm³/mol. The first-order chi connectivity index (χ1) is 12.6. The minimum absolute atomic E-state index is 0.00659. The van der Waals surface area contributed by atoms with Crippen molar-refractivity contribution in [2.45, 2.75) is 18.9 Å². The quantitative estimate of drug-likeness (QED) is 0.730. The highest BCUT2D eigenvalue weighted by Gasteiger charge is 2.27. The molecule has 0 aliphatic carbocycles. The number of piperidine rings is 1. The lowest BCUT2D eigenvalue weighted by molar-refractivity contribution is 0.0702. The lowest BCUT2D eigenvalue weighted by Gasteiger charge is -2.37. The van der Waals surface area contributed by atoms with Gasteiger partial charge in [-0.05, 0) is 37.1 Å². The van der Waals surface area contributed by atoms with Crippen LogP contribution in [-0.2, 0) is 7.05 Å². The van der Waals surface area contributed by atoms with Crippen molar-refractivity contribution < 1.29 is 4.79 Å². The van der Waals surface area contributed by atoms with Crippen molar-refractivity contribution in [1.82, 2.24) is 19.7 Å². The summed E-state index contributed by atoms with van der Waals surface area (Å²) in [5.41, 5.74) is 1.53. The molecule has 3 heterocycles. The zero-order chi connectivity index (χ0) is 18.1. The van der Waals surface area contributed by atoms with Gasteiger partial charge in [0.1, 0.15) is 11.5 Å². The second-order valence-electron chi connectivity index (χ2n) is 6.87. The Balaban J connectivity index is 1.42. The van der Waals surface area contributed by atoms with Gasteiger partial charge in [0.25, 0.3) is 5.91 Å². The van der Waals surface area contributed by atoms with Crippen molar-refractivity contribution in [3.05, 3.63) is 54.4 Å². The first-order valence-electron chi connectivity index (χ1n) is 8.99. The van der Waals surface area contributed by atoms with Crippen LogP contribution in [0.5, 0.6) is 0 Å². The fourth-order valence-corrected chi connectivity index (χ4v) is 3.59. The predicted octanol–water partition coefficient (Wildman–Crippen LogP) is 2.71. The van der Waals surface area contributed by atoms with E-state index in [1.54, 1.807) is 16.9 Å². The summed E-state index contributed by atoms with van der Waals surface area (Å²) in [6.07, 6.45) is 3.67. The number of amides is 1. The van der Waals surface area contributed by atoms with Gasteiger partial charge in [-0.25, -0.2) is 4.98 Å². The standard InChI is InChI=1S/C20H23N5O/c1-23-12-11-18(22-23)20(26)24(2)16-9-13-25(14-10-16)19-8-7-15-5-3-4-6-17(15)21-19/h3-8,11-12,16H,9-10,13-14H2,1-2H3. The molecule has 0 N–H and O–H groups in total. The van der Waals surface area contributed by atoms with E-state index in [4.69, 9.17) is 4.98 Å². The van der Waals surface area contributed by atoms with Crippen LogP contribution in [0.15, 0.2) is 48.7 Å². The summed E-state index contributed by atoms with van der Waals surface area (Å²) in [7, 11) is 3.71. The third kappa shape index (κ3) is 3.14. The van der Waals surface area contributed by atoms with Crippen LogP contribution in [0.3, 0.4) is 0 Å². The Kier molecular flexibility index (Phi) is 4.32. The molecule has 1 amide bonds. The number of aryl methyl sites for hydroxylation is 1. The summed E-state index contributed by atoms with van der Waals surface area (Å²) in [5, 5.41) is 5.38. The summed E-state index contributed by atoms with van der Waals surface area (Å²) in [4.78, 5) is 21.5. The van der Waals surface area contributed by atoms with Gasteiger partial charge in [0, 0.05) is 44.8 Å². The highest BCUT2D eigenvalue weighted by molar-refractivity contribution is 5.92. The van der Waals surface area contributed by atoms with E-state index >= 15 is 0 Å². The van der Waals surface area contributed by atoms with Gasteiger partial charge >= 0.3 is 0 Å². The number of carbonyl (C=O) groups excluding carboxylic acids is 1. The molecule has 1 fully saturated rings. The number of nitrogens with zero attached hydrogens (tertiary/aromatic N) is 5. The molecular weight excluding hydrogens is 326 g/mol. The molecule has 0 spiro atoms. The van der Waals surface area contributed by atoms with E-state index in [0.717, 1.165) is 42.7 Å². The molecule has 1 aromatic carbocycles. The number of benzene rings is 1. The van der Waals surface area contributed by atoms with E-state index < -0.39 is 0 Å². The lowest BCUT2D eigenvalue weighted by atomic mass is 10.0. The van der Waals surface area contributed by atoms with Crippen molar-refractivity contribution in [3.8, 4) is 0 Å². The molecule has 134 valence electrons. The van der Waals surface area contributed by atoms with Crippen LogP contribution in [0, 0.1) is 0 Å². The molecule has 1 aliphatic heterocycles. The number of hydrogen-bond acceptors (Lipinski definition) is 4. The first kappa shape index (κ1) is 16.6.